The van der Waals surface area contributed by atoms with Crippen molar-refractivity contribution >= 4 is 28.3 Å². The second-order valence-electron chi connectivity index (χ2n) is 3.94. The molecule has 2 nitrogen and oxygen atoms in total. The van der Waals surface area contributed by atoms with E-state index in [9.17, 15) is 0 Å². The van der Waals surface area contributed by atoms with E-state index in [2.05, 4.69) is 27.5 Å². The highest BCUT2D eigenvalue weighted by Gasteiger charge is 1.98. The highest BCUT2D eigenvalue weighted by Crippen LogP contribution is 2.24. The van der Waals surface area contributed by atoms with Gasteiger partial charge in [-0.15, -0.1) is 0 Å². The molecule has 0 unspecified atom stereocenters. The number of halogens is 1. The summed E-state index contributed by atoms with van der Waals surface area (Å²) in [6.07, 6.45) is 0. The monoisotopic (exact) mass is 339 g/mol. The van der Waals surface area contributed by atoms with Crippen molar-refractivity contribution in [3.63, 3.8) is 0 Å². The summed E-state index contributed by atoms with van der Waals surface area (Å²) >= 11 is 2.28. The van der Waals surface area contributed by atoms with Crippen molar-refractivity contribution in [2.24, 2.45) is 0 Å². The Kier molecular flexibility index (Phi) is 3.89. The van der Waals surface area contributed by atoms with Crippen molar-refractivity contribution in [1.82, 2.24) is 0 Å². The number of benzene rings is 2. The summed E-state index contributed by atoms with van der Waals surface area (Å²) in [7, 11) is 4.05. The van der Waals surface area contributed by atoms with Gasteiger partial charge in [0.2, 0.25) is 0 Å². The van der Waals surface area contributed by atoms with Crippen LogP contribution in [-0.2, 0) is 0 Å². The molecule has 3 heteroatoms. The third kappa shape index (κ3) is 3.36. The average molecular weight is 339 g/mol. The van der Waals surface area contributed by atoms with Crippen molar-refractivity contribution in [3.8, 4) is 11.5 Å². The second-order valence-corrected chi connectivity index (χ2v) is 5.19. The van der Waals surface area contributed by atoms with Crippen molar-refractivity contribution in [2.45, 2.75) is 0 Å². The van der Waals surface area contributed by atoms with Crippen LogP contribution in [-0.4, -0.2) is 14.1 Å². The third-order valence-electron chi connectivity index (χ3n) is 2.40. The molecular formula is C14H14INO. The van der Waals surface area contributed by atoms with Gasteiger partial charge in [-0.1, -0.05) is 0 Å². The molecular weight excluding hydrogens is 325 g/mol. The number of hydrogen-bond donors (Lipinski definition) is 0. The Labute approximate surface area is 115 Å². The minimum Gasteiger partial charge on any atom is -0.457 e. The molecule has 2 aromatic rings. The predicted octanol–water partition coefficient (Wildman–Crippen LogP) is 4.15. The van der Waals surface area contributed by atoms with Crippen LogP contribution in [0.5, 0.6) is 11.5 Å². The molecule has 88 valence electrons. The standard InChI is InChI=1S/C14H14INO/c1-16(2)12-5-9-14(10-6-12)17-13-7-3-11(15)4-8-13/h3-10H,1-2H3. The lowest BCUT2D eigenvalue weighted by Gasteiger charge is -2.13. The number of nitrogens with zero attached hydrogens (tertiary/aromatic N) is 1. The summed E-state index contributed by atoms with van der Waals surface area (Å²) in [6.45, 7) is 0. The van der Waals surface area contributed by atoms with Crippen LogP contribution < -0.4 is 9.64 Å². The molecule has 17 heavy (non-hydrogen) atoms. The molecule has 0 aliphatic heterocycles. The summed E-state index contributed by atoms with van der Waals surface area (Å²) < 4.78 is 6.95. The number of ether oxygens (including phenoxy) is 1. The molecule has 2 aromatic carbocycles. The van der Waals surface area contributed by atoms with Crippen LogP contribution in [0.1, 0.15) is 0 Å². The van der Waals surface area contributed by atoms with Gasteiger partial charge in [0.05, 0.1) is 0 Å². The fourth-order valence-corrected chi connectivity index (χ4v) is 1.81. The van der Waals surface area contributed by atoms with Crippen LogP contribution in [0.2, 0.25) is 0 Å². The molecule has 0 saturated heterocycles. The zero-order valence-corrected chi connectivity index (χ0v) is 12.0. The topological polar surface area (TPSA) is 12.5 Å². The molecule has 0 N–H and O–H groups in total. The van der Waals surface area contributed by atoms with Crippen molar-refractivity contribution < 1.29 is 4.74 Å². The van der Waals surface area contributed by atoms with Crippen LogP contribution in [0, 0.1) is 3.57 Å². The average Bonchev–Trinajstić information content (AvgIpc) is 2.33. The zero-order chi connectivity index (χ0) is 12.3. The Morgan fingerprint density at radius 1 is 0.824 bits per heavy atom. The van der Waals surface area contributed by atoms with Gasteiger partial charge in [-0.3, -0.25) is 0 Å². The van der Waals surface area contributed by atoms with E-state index in [4.69, 9.17) is 4.74 Å². The Balaban J connectivity index is 2.11. The third-order valence-corrected chi connectivity index (χ3v) is 3.12. The summed E-state index contributed by atoms with van der Waals surface area (Å²) in [5, 5.41) is 0. The quantitative estimate of drug-likeness (QED) is 0.779. The summed E-state index contributed by atoms with van der Waals surface area (Å²) in [5.41, 5.74) is 1.17. The lowest BCUT2D eigenvalue weighted by Crippen LogP contribution is -2.07. The minimum absolute atomic E-state index is 0.858. The van der Waals surface area contributed by atoms with Crippen LogP contribution >= 0.6 is 22.6 Å². The molecule has 0 radical (unpaired) electrons. The van der Waals surface area contributed by atoms with Gasteiger partial charge in [0.25, 0.3) is 0 Å². The van der Waals surface area contributed by atoms with Crippen LogP contribution in [0.4, 0.5) is 5.69 Å². The van der Waals surface area contributed by atoms with Crippen molar-refractivity contribution in [2.75, 3.05) is 19.0 Å². The SMILES string of the molecule is CN(C)c1ccc(Oc2ccc(I)cc2)cc1. The number of hydrogen-bond acceptors (Lipinski definition) is 2. The molecule has 0 spiro atoms. The summed E-state index contributed by atoms with van der Waals surface area (Å²) in [4.78, 5) is 2.06. The van der Waals surface area contributed by atoms with E-state index in [-0.39, 0.29) is 0 Å². The van der Waals surface area contributed by atoms with Gasteiger partial charge in [-0.2, -0.15) is 0 Å². The molecule has 0 atom stereocenters. The van der Waals surface area contributed by atoms with Gasteiger partial charge in [0.15, 0.2) is 0 Å². The molecule has 0 saturated carbocycles. The van der Waals surface area contributed by atoms with Crippen LogP contribution in [0.3, 0.4) is 0 Å². The first-order valence-electron chi connectivity index (χ1n) is 5.36. The molecule has 0 heterocycles. The van der Waals surface area contributed by atoms with E-state index in [1.165, 1.54) is 9.26 Å². The van der Waals surface area contributed by atoms with E-state index in [0.29, 0.717) is 0 Å². The van der Waals surface area contributed by atoms with E-state index in [1.54, 1.807) is 0 Å². The first kappa shape index (κ1) is 12.2. The second kappa shape index (κ2) is 5.40. The lowest BCUT2D eigenvalue weighted by molar-refractivity contribution is 0.482. The molecule has 0 amide bonds. The highest BCUT2D eigenvalue weighted by atomic mass is 127. The molecule has 2 rings (SSSR count). The normalized spacial score (nSPS) is 10.1. The maximum atomic E-state index is 5.75. The van der Waals surface area contributed by atoms with Crippen molar-refractivity contribution in [3.05, 3.63) is 52.1 Å². The van der Waals surface area contributed by atoms with Gasteiger partial charge in [0.1, 0.15) is 11.5 Å². The smallest absolute Gasteiger partial charge is 0.127 e. The van der Waals surface area contributed by atoms with Gasteiger partial charge in [-0.05, 0) is 71.1 Å². The van der Waals surface area contributed by atoms with Gasteiger partial charge >= 0.3 is 0 Å². The Morgan fingerprint density at radius 3 is 1.76 bits per heavy atom. The lowest BCUT2D eigenvalue weighted by atomic mass is 10.3. The van der Waals surface area contributed by atoms with E-state index < -0.39 is 0 Å². The summed E-state index contributed by atoms with van der Waals surface area (Å²) in [5.74, 6) is 1.72. The maximum absolute atomic E-state index is 5.75. The van der Waals surface area contributed by atoms with Gasteiger partial charge in [0, 0.05) is 23.4 Å². The molecule has 0 aromatic heterocycles. The van der Waals surface area contributed by atoms with Crippen molar-refractivity contribution in [1.29, 1.82) is 0 Å². The van der Waals surface area contributed by atoms with E-state index in [1.807, 2.05) is 62.6 Å². The first-order chi connectivity index (χ1) is 8.15. The fourth-order valence-electron chi connectivity index (χ4n) is 1.45. The first-order valence-corrected chi connectivity index (χ1v) is 6.44. The molecule has 0 aliphatic rings. The number of anilines is 1. The highest BCUT2D eigenvalue weighted by molar-refractivity contribution is 14.1. The zero-order valence-electron chi connectivity index (χ0n) is 9.85. The fraction of sp³-hybridized carbons (Fsp3) is 0.143. The Morgan fingerprint density at radius 2 is 1.29 bits per heavy atom. The number of rotatable bonds is 3. The van der Waals surface area contributed by atoms with E-state index in [0.717, 1.165) is 11.5 Å². The molecule has 0 bridgehead atoms. The van der Waals surface area contributed by atoms with E-state index >= 15 is 0 Å². The Bertz CT molecular complexity index is 477. The predicted molar refractivity (Wildman–Crippen MR) is 80.0 cm³/mol. The molecule has 0 aliphatic carbocycles. The largest absolute Gasteiger partial charge is 0.457 e. The van der Waals surface area contributed by atoms with Gasteiger partial charge < -0.3 is 9.64 Å². The van der Waals surface area contributed by atoms with Crippen LogP contribution in [0.15, 0.2) is 48.5 Å². The van der Waals surface area contributed by atoms with Gasteiger partial charge in [-0.25, -0.2) is 0 Å². The minimum atomic E-state index is 0.858. The van der Waals surface area contributed by atoms with Crippen LogP contribution in [0.25, 0.3) is 0 Å². The summed E-state index contributed by atoms with van der Waals surface area (Å²) in [6, 6.07) is 16.1. The molecule has 0 fully saturated rings. The maximum Gasteiger partial charge on any atom is 0.127 e. The Hall–Kier alpha value is -1.23.